The van der Waals surface area contributed by atoms with Crippen LogP contribution in [0.1, 0.15) is 51.7 Å². The van der Waals surface area contributed by atoms with Gasteiger partial charge in [-0.1, -0.05) is 5.57 Å². The van der Waals surface area contributed by atoms with Crippen molar-refractivity contribution in [1.82, 2.24) is 4.98 Å². The molecule has 1 unspecified atom stereocenters. The quantitative estimate of drug-likeness (QED) is 0.147. The molecule has 6 rings (SSSR count). The van der Waals surface area contributed by atoms with Crippen molar-refractivity contribution in [3.8, 4) is 33.9 Å². The predicted molar refractivity (Wildman–Crippen MR) is 178 cm³/mol. The molecule has 0 saturated carbocycles. The van der Waals surface area contributed by atoms with Crippen molar-refractivity contribution < 1.29 is 24.1 Å². The van der Waals surface area contributed by atoms with E-state index >= 15 is 0 Å². The fourth-order valence-corrected chi connectivity index (χ4v) is 7.56. The molecule has 3 heterocycles. The SMILES string of the molecule is COc1cc(C2CC(c3ccc(/C=C(\C#N)C(=O)O)s3)=NN2c2ccc(-c3nc4c(s3)C=C(C)CC4)cc2)cc(OC)c1OC. The van der Waals surface area contributed by atoms with Gasteiger partial charge in [0.2, 0.25) is 5.75 Å². The number of hydrogen-bond acceptors (Lipinski definition) is 10. The number of carboxylic acid groups (broad SMARTS) is 1. The molecular formula is C34H30N4O5S2. The number of aromatic nitrogens is 1. The zero-order valence-electron chi connectivity index (χ0n) is 25.2. The molecule has 0 spiro atoms. The third-order valence-corrected chi connectivity index (χ3v) is 9.95. The summed E-state index contributed by atoms with van der Waals surface area (Å²) in [5.41, 5.74) is 5.95. The highest BCUT2D eigenvalue weighted by molar-refractivity contribution is 7.16. The van der Waals surface area contributed by atoms with Crippen molar-refractivity contribution in [2.45, 2.75) is 32.2 Å². The van der Waals surface area contributed by atoms with E-state index in [0.717, 1.165) is 50.9 Å². The van der Waals surface area contributed by atoms with Gasteiger partial charge in [-0.3, -0.25) is 5.01 Å². The third kappa shape index (κ3) is 5.94. The second-order valence-electron chi connectivity index (χ2n) is 10.6. The molecule has 1 aliphatic heterocycles. The van der Waals surface area contributed by atoms with E-state index in [1.807, 2.05) is 23.2 Å². The lowest BCUT2D eigenvalue weighted by Crippen LogP contribution is -2.18. The van der Waals surface area contributed by atoms with Crippen LogP contribution in [0.15, 0.2) is 64.8 Å². The number of thiophene rings is 1. The van der Waals surface area contributed by atoms with Crippen LogP contribution in [-0.2, 0) is 11.2 Å². The lowest BCUT2D eigenvalue weighted by molar-refractivity contribution is -0.132. The highest BCUT2D eigenvalue weighted by Crippen LogP contribution is 2.45. The van der Waals surface area contributed by atoms with E-state index in [1.165, 1.54) is 27.9 Å². The number of allylic oxidation sites excluding steroid dienone is 1. The Kier molecular flexibility index (Phi) is 8.43. The van der Waals surface area contributed by atoms with Gasteiger partial charge in [-0.05, 0) is 86.0 Å². The number of hydrogen-bond donors (Lipinski definition) is 1. The number of benzene rings is 2. The number of thiazole rings is 1. The second-order valence-corrected chi connectivity index (χ2v) is 12.8. The number of nitriles is 1. The largest absolute Gasteiger partial charge is 0.493 e. The van der Waals surface area contributed by atoms with Crippen molar-refractivity contribution in [3.63, 3.8) is 0 Å². The summed E-state index contributed by atoms with van der Waals surface area (Å²) in [6.07, 6.45) is 6.22. The van der Waals surface area contributed by atoms with Crippen molar-refractivity contribution >= 4 is 52.2 Å². The second kappa shape index (κ2) is 12.6. The first-order valence-electron chi connectivity index (χ1n) is 14.2. The minimum absolute atomic E-state index is 0.199. The average molecular weight is 639 g/mol. The zero-order valence-corrected chi connectivity index (χ0v) is 26.8. The van der Waals surface area contributed by atoms with Gasteiger partial charge in [0.25, 0.3) is 0 Å². The summed E-state index contributed by atoms with van der Waals surface area (Å²) in [6.45, 7) is 2.17. The number of fused-ring (bicyclic) bond motifs is 1. The van der Waals surface area contributed by atoms with E-state index < -0.39 is 5.97 Å². The number of hydrazone groups is 1. The lowest BCUT2D eigenvalue weighted by Gasteiger charge is -2.25. The van der Waals surface area contributed by atoms with Crippen LogP contribution in [0, 0.1) is 11.3 Å². The fraction of sp³-hybridized carbons (Fsp3) is 0.235. The van der Waals surface area contributed by atoms with Gasteiger partial charge in [-0.2, -0.15) is 10.4 Å². The smallest absolute Gasteiger partial charge is 0.346 e. The number of nitrogens with zero attached hydrogens (tertiary/aromatic N) is 4. The molecule has 1 N–H and O–H groups in total. The first-order chi connectivity index (χ1) is 21.8. The molecule has 0 radical (unpaired) electrons. The van der Waals surface area contributed by atoms with Crippen LogP contribution in [0.5, 0.6) is 17.2 Å². The standard InChI is InChI=1S/C34H30N4O5S2/c1-19-5-11-25-31(13-19)45-33(36-25)20-6-8-23(9-7-20)38-27(21-15-28(41-2)32(43-4)29(16-21)42-3)17-26(37-38)30-12-10-24(44-30)14-22(18-35)34(39)40/h6-10,12-16,27H,5,11,17H2,1-4H3,(H,39,40)/b22-14+. The minimum atomic E-state index is -1.26. The minimum Gasteiger partial charge on any atom is -0.493 e. The molecule has 11 heteroatoms. The summed E-state index contributed by atoms with van der Waals surface area (Å²) in [5.74, 6) is 0.353. The number of rotatable bonds is 9. The Hall–Kier alpha value is -4.92. The Bertz CT molecular complexity index is 1890. The molecule has 1 aliphatic carbocycles. The monoisotopic (exact) mass is 638 g/mol. The Morgan fingerprint density at radius 2 is 1.78 bits per heavy atom. The van der Waals surface area contributed by atoms with E-state index in [0.29, 0.717) is 28.5 Å². The van der Waals surface area contributed by atoms with Crippen LogP contribution in [-0.4, -0.2) is 43.1 Å². The summed E-state index contributed by atoms with van der Waals surface area (Å²) in [4.78, 5) is 19.1. The summed E-state index contributed by atoms with van der Waals surface area (Å²) in [5, 5.41) is 26.6. The maximum atomic E-state index is 11.4. The molecular weight excluding hydrogens is 609 g/mol. The molecule has 1 atom stereocenters. The topological polar surface area (TPSA) is 117 Å². The van der Waals surface area contributed by atoms with Crippen LogP contribution in [0.4, 0.5) is 5.69 Å². The van der Waals surface area contributed by atoms with Gasteiger partial charge < -0.3 is 19.3 Å². The Morgan fingerprint density at radius 3 is 2.42 bits per heavy atom. The highest BCUT2D eigenvalue weighted by Gasteiger charge is 2.32. The maximum Gasteiger partial charge on any atom is 0.346 e. The summed E-state index contributed by atoms with van der Waals surface area (Å²) in [7, 11) is 4.76. The van der Waals surface area contributed by atoms with E-state index in [-0.39, 0.29) is 11.6 Å². The predicted octanol–water partition coefficient (Wildman–Crippen LogP) is 7.59. The van der Waals surface area contributed by atoms with Crippen LogP contribution in [0.2, 0.25) is 0 Å². The maximum absolute atomic E-state index is 11.4. The average Bonchev–Trinajstić information content (AvgIpc) is 3.81. The molecule has 4 aromatic rings. The molecule has 0 amide bonds. The molecule has 0 bridgehead atoms. The van der Waals surface area contributed by atoms with E-state index in [4.69, 9.17) is 24.3 Å². The third-order valence-electron chi connectivity index (χ3n) is 7.77. The molecule has 9 nitrogen and oxygen atoms in total. The lowest BCUT2D eigenvalue weighted by atomic mass is 9.99. The Morgan fingerprint density at radius 1 is 1.04 bits per heavy atom. The normalized spacial score (nSPS) is 16.0. The van der Waals surface area contributed by atoms with Gasteiger partial charge >= 0.3 is 5.97 Å². The van der Waals surface area contributed by atoms with Crippen LogP contribution >= 0.6 is 22.7 Å². The van der Waals surface area contributed by atoms with Gasteiger partial charge in [0.1, 0.15) is 16.6 Å². The van der Waals surface area contributed by atoms with E-state index in [1.54, 1.807) is 44.8 Å². The van der Waals surface area contributed by atoms with Crippen molar-refractivity contribution in [3.05, 3.63) is 85.6 Å². The molecule has 2 aromatic heterocycles. The molecule has 0 fully saturated rings. The van der Waals surface area contributed by atoms with E-state index in [2.05, 4.69) is 37.3 Å². The van der Waals surface area contributed by atoms with Crippen molar-refractivity contribution in [1.29, 1.82) is 5.26 Å². The molecule has 45 heavy (non-hydrogen) atoms. The fourth-order valence-electron chi connectivity index (χ4n) is 5.47. The zero-order chi connectivity index (χ0) is 31.7. The van der Waals surface area contributed by atoms with Gasteiger partial charge in [-0.15, -0.1) is 22.7 Å². The Balaban J connectivity index is 1.38. The number of methoxy groups -OCH3 is 3. The first kappa shape index (κ1) is 30.1. The molecule has 0 saturated heterocycles. The molecule has 228 valence electrons. The number of aliphatic carboxylic acids is 1. The highest BCUT2D eigenvalue weighted by atomic mass is 32.1. The van der Waals surface area contributed by atoms with Crippen LogP contribution in [0.3, 0.4) is 0 Å². The van der Waals surface area contributed by atoms with Crippen LogP contribution < -0.4 is 19.2 Å². The number of ether oxygens (including phenoxy) is 3. The van der Waals surface area contributed by atoms with E-state index in [9.17, 15) is 15.2 Å². The van der Waals surface area contributed by atoms with Gasteiger partial charge in [0.05, 0.1) is 54.2 Å². The van der Waals surface area contributed by atoms with Gasteiger partial charge in [-0.25, -0.2) is 9.78 Å². The number of anilines is 1. The molecule has 2 aromatic carbocycles. The first-order valence-corrected chi connectivity index (χ1v) is 15.8. The summed E-state index contributed by atoms with van der Waals surface area (Å²) in [6, 6.07) is 17.4. The number of carboxylic acids is 1. The summed E-state index contributed by atoms with van der Waals surface area (Å²) < 4.78 is 16.9. The molecule has 2 aliphatic rings. The Labute approximate surface area is 269 Å². The van der Waals surface area contributed by atoms with Gasteiger partial charge in [0.15, 0.2) is 11.5 Å². The van der Waals surface area contributed by atoms with Crippen molar-refractivity contribution in [2.75, 3.05) is 26.3 Å². The summed E-state index contributed by atoms with van der Waals surface area (Å²) >= 11 is 3.11. The number of aryl methyl sites for hydroxylation is 1. The number of carbonyl (C=O) groups is 1. The van der Waals surface area contributed by atoms with Crippen LogP contribution in [0.25, 0.3) is 22.7 Å². The van der Waals surface area contributed by atoms with Gasteiger partial charge in [0, 0.05) is 16.9 Å². The van der Waals surface area contributed by atoms with Crippen molar-refractivity contribution in [2.24, 2.45) is 5.10 Å².